The van der Waals surface area contributed by atoms with Crippen LogP contribution in [-0.2, 0) is 0 Å². The third-order valence-electron chi connectivity index (χ3n) is 3.68. The van der Waals surface area contributed by atoms with Crippen molar-refractivity contribution in [1.82, 2.24) is 4.98 Å². The predicted molar refractivity (Wildman–Crippen MR) is 109 cm³/mol. The van der Waals surface area contributed by atoms with Gasteiger partial charge in [-0.25, -0.2) is 0 Å². The monoisotopic (exact) mass is 419 g/mol. The third kappa shape index (κ3) is 4.27. The molecule has 3 aromatic carbocycles. The van der Waals surface area contributed by atoms with Gasteiger partial charge in [0, 0.05) is 10.0 Å². The van der Waals surface area contributed by atoms with Crippen molar-refractivity contribution in [2.24, 2.45) is 15.3 Å². The smallest absolute Gasteiger partial charge is 0.342 e. The Kier molecular flexibility index (Phi) is 5.02. The van der Waals surface area contributed by atoms with Crippen molar-refractivity contribution in [3.8, 4) is 0 Å². The minimum absolute atomic E-state index is 0.184. The van der Waals surface area contributed by atoms with Gasteiger partial charge in [0.05, 0.1) is 5.69 Å². The molecule has 1 heterocycles. The molecule has 132 valence electrons. The van der Waals surface area contributed by atoms with Crippen LogP contribution in [0.3, 0.4) is 0 Å². The van der Waals surface area contributed by atoms with Crippen LogP contribution in [0.15, 0.2) is 103 Å². The zero-order valence-corrected chi connectivity index (χ0v) is 15.7. The normalized spacial score (nSPS) is 12.0. The molecule has 7 heteroatoms. The Balaban J connectivity index is 1.63. The molecule has 27 heavy (non-hydrogen) atoms. The van der Waals surface area contributed by atoms with E-state index in [1.54, 1.807) is 0 Å². The van der Waals surface area contributed by atoms with Crippen LogP contribution in [0.4, 0.5) is 11.7 Å². The first-order chi connectivity index (χ1) is 13.3. The maximum absolute atomic E-state index is 5.58. The lowest BCUT2D eigenvalue weighted by Crippen LogP contribution is -2.01. The van der Waals surface area contributed by atoms with Gasteiger partial charge >= 0.3 is 6.01 Å². The van der Waals surface area contributed by atoms with Gasteiger partial charge in [-0.15, -0.1) is 5.11 Å². The second-order valence-corrected chi connectivity index (χ2v) is 6.50. The molecule has 0 aliphatic rings. The Labute approximate surface area is 163 Å². The fourth-order valence-electron chi connectivity index (χ4n) is 2.37. The summed E-state index contributed by atoms with van der Waals surface area (Å²) in [4.78, 5) is 4.30. The van der Waals surface area contributed by atoms with Crippen molar-refractivity contribution in [2.75, 3.05) is 5.43 Å². The molecule has 0 radical (unpaired) electrons. The van der Waals surface area contributed by atoms with E-state index < -0.39 is 0 Å². The molecule has 0 unspecified atom stereocenters. The largest absolute Gasteiger partial charge is 0.421 e. The van der Waals surface area contributed by atoms with E-state index in [1.807, 2.05) is 78.9 Å². The number of nitrogens with one attached hydrogen (secondary N) is 1. The Morgan fingerprint density at radius 2 is 1.63 bits per heavy atom. The number of para-hydroxylation sites is 2. The fourth-order valence-corrected chi connectivity index (χ4v) is 2.63. The summed E-state index contributed by atoms with van der Waals surface area (Å²) in [6.45, 7) is 0. The van der Waals surface area contributed by atoms with Gasteiger partial charge in [0.2, 0.25) is 5.84 Å². The number of hydrogen-bond acceptors (Lipinski definition) is 5. The summed E-state index contributed by atoms with van der Waals surface area (Å²) in [6.07, 6.45) is 0. The number of benzene rings is 3. The molecule has 0 bridgehead atoms. The fraction of sp³-hybridized carbons (Fsp3) is 0. The summed E-state index contributed by atoms with van der Waals surface area (Å²) < 4.78 is 6.57. The molecule has 0 saturated carbocycles. The maximum Gasteiger partial charge on any atom is 0.342 e. The standard InChI is InChI=1S/C20H14BrN5O/c21-15-10-12-16(13-11-15)23-24-19(14-6-2-1-3-7-14)25-26-20-22-17-8-4-5-9-18(17)27-20/h1-13,23H. The molecule has 0 amide bonds. The summed E-state index contributed by atoms with van der Waals surface area (Å²) in [5, 5.41) is 12.7. The molecule has 0 spiro atoms. The van der Waals surface area contributed by atoms with E-state index in [4.69, 9.17) is 4.42 Å². The lowest BCUT2D eigenvalue weighted by Gasteiger charge is -2.03. The maximum atomic E-state index is 5.58. The van der Waals surface area contributed by atoms with Gasteiger partial charge in [-0.1, -0.05) is 63.5 Å². The van der Waals surface area contributed by atoms with Crippen molar-refractivity contribution < 1.29 is 4.42 Å². The first kappa shape index (κ1) is 17.1. The van der Waals surface area contributed by atoms with E-state index in [9.17, 15) is 0 Å². The van der Waals surface area contributed by atoms with Crippen molar-refractivity contribution in [2.45, 2.75) is 0 Å². The quantitative estimate of drug-likeness (QED) is 0.186. The average Bonchev–Trinajstić information content (AvgIpc) is 3.13. The first-order valence-electron chi connectivity index (χ1n) is 8.20. The van der Waals surface area contributed by atoms with Gasteiger partial charge in [-0.3, -0.25) is 5.43 Å². The van der Waals surface area contributed by atoms with E-state index in [0.717, 1.165) is 21.2 Å². The molecule has 0 fully saturated rings. The third-order valence-corrected chi connectivity index (χ3v) is 4.21. The van der Waals surface area contributed by atoms with Gasteiger partial charge < -0.3 is 4.42 Å². The van der Waals surface area contributed by atoms with Crippen LogP contribution >= 0.6 is 15.9 Å². The Morgan fingerprint density at radius 1 is 0.889 bits per heavy atom. The van der Waals surface area contributed by atoms with Crippen molar-refractivity contribution in [3.63, 3.8) is 0 Å². The number of nitrogens with zero attached hydrogens (tertiary/aromatic N) is 4. The van der Waals surface area contributed by atoms with Crippen LogP contribution in [0.25, 0.3) is 11.1 Å². The minimum Gasteiger partial charge on any atom is -0.421 e. The molecule has 1 N–H and O–H groups in total. The van der Waals surface area contributed by atoms with Crippen LogP contribution in [0, 0.1) is 0 Å². The summed E-state index contributed by atoms with van der Waals surface area (Å²) in [7, 11) is 0. The summed E-state index contributed by atoms with van der Waals surface area (Å²) in [6, 6.07) is 24.9. The lowest BCUT2D eigenvalue weighted by molar-refractivity contribution is 0.607. The first-order valence-corrected chi connectivity index (χ1v) is 8.99. The lowest BCUT2D eigenvalue weighted by atomic mass is 10.2. The van der Waals surface area contributed by atoms with Crippen molar-refractivity contribution in [3.05, 3.63) is 88.9 Å². The number of fused-ring (bicyclic) bond motifs is 1. The average molecular weight is 420 g/mol. The number of halogens is 1. The second-order valence-electron chi connectivity index (χ2n) is 5.58. The van der Waals surface area contributed by atoms with Crippen LogP contribution in [0.5, 0.6) is 0 Å². The molecule has 0 saturated heterocycles. The van der Waals surface area contributed by atoms with E-state index in [1.165, 1.54) is 0 Å². The molecule has 0 aliphatic heterocycles. The number of oxazole rings is 1. The van der Waals surface area contributed by atoms with Crippen LogP contribution in [0.2, 0.25) is 0 Å². The number of aromatic nitrogens is 1. The van der Waals surface area contributed by atoms with E-state index in [2.05, 4.69) is 41.7 Å². The van der Waals surface area contributed by atoms with Gasteiger partial charge in [0.15, 0.2) is 5.58 Å². The highest BCUT2D eigenvalue weighted by molar-refractivity contribution is 9.10. The predicted octanol–water partition coefficient (Wildman–Crippen LogP) is 6.15. The SMILES string of the molecule is Brc1ccc(NN=C(N=Nc2nc3ccccc3o2)c2ccccc2)cc1. The number of rotatable bonds is 4. The molecule has 4 aromatic rings. The Hall–Kier alpha value is -3.32. The number of hydrogen-bond donors (Lipinski definition) is 1. The second kappa shape index (κ2) is 7.92. The van der Waals surface area contributed by atoms with E-state index in [-0.39, 0.29) is 6.01 Å². The van der Waals surface area contributed by atoms with Crippen LogP contribution < -0.4 is 5.43 Å². The van der Waals surface area contributed by atoms with E-state index >= 15 is 0 Å². The number of hydrazone groups is 1. The van der Waals surface area contributed by atoms with E-state index in [0.29, 0.717) is 11.4 Å². The van der Waals surface area contributed by atoms with Crippen LogP contribution in [-0.4, -0.2) is 10.8 Å². The van der Waals surface area contributed by atoms with Crippen molar-refractivity contribution >= 4 is 44.6 Å². The number of amidine groups is 1. The van der Waals surface area contributed by atoms with Gasteiger partial charge in [-0.2, -0.15) is 10.1 Å². The number of anilines is 1. The highest BCUT2D eigenvalue weighted by atomic mass is 79.9. The molecule has 1 aromatic heterocycles. The Morgan fingerprint density at radius 3 is 2.41 bits per heavy atom. The van der Waals surface area contributed by atoms with Crippen LogP contribution in [0.1, 0.15) is 5.56 Å². The molecule has 6 nitrogen and oxygen atoms in total. The molecule has 0 aliphatic carbocycles. The molecule has 4 rings (SSSR count). The highest BCUT2D eigenvalue weighted by Crippen LogP contribution is 2.21. The molecular formula is C20H14BrN5O. The topological polar surface area (TPSA) is 75.1 Å². The summed E-state index contributed by atoms with van der Waals surface area (Å²) in [5.74, 6) is 0.417. The van der Waals surface area contributed by atoms with Crippen molar-refractivity contribution in [1.29, 1.82) is 0 Å². The minimum atomic E-state index is 0.184. The summed E-state index contributed by atoms with van der Waals surface area (Å²) >= 11 is 3.41. The van der Waals surface area contributed by atoms with Gasteiger partial charge in [-0.05, 0) is 36.4 Å². The van der Waals surface area contributed by atoms with Gasteiger partial charge in [0.25, 0.3) is 0 Å². The van der Waals surface area contributed by atoms with Gasteiger partial charge in [0.1, 0.15) is 5.52 Å². The number of azo groups is 1. The summed E-state index contributed by atoms with van der Waals surface area (Å²) in [5.41, 5.74) is 6.05. The zero-order valence-electron chi connectivity index (χ0n) is 14.1. The zero-order chi connectivity index (χ0) is 18.5. The highest BCUT2D eigenvalue weighted by Gasteiger charge is 2.06. The Bertz CT molecular complexity index is 1070. The molecular weight excluding hydrogens is 406 g/mol. The molecule has 0 atom stereocenters.